The lowest BCUT2D eigenvalue weighted by molar-refractivity contribution is 0.0987. The summed E-state index contributed by atoms with van der Waals surface area (Å²) in [7, 11) is 0. The minimum atomic E-state index is -0.712. The Kier molecular flexibility index (Phi) is 12.5. The molecule has 0 bridgehead atoms. The summed E-state index contributed by atoms with van der Waals surface area (Å²) >= 11 is 5.78. The van der Waals surface area contributed by atoms with E-state index in [-0.39, 0.29) is 28.7 Å². The second-order valence-corrected chi connectivity index (χ2v) is 10.1. The van der Waals surface area contributed by atoms with Gasteiger partial charge in [-0.15, -0.1) is 20.4 Å². The molecule has 0 aromatic carbocycles. The van der Waals surface area contributed by atoms with Crippen LogP contribution in [0.15, 0.2) is 48.5 Å². The number of rotatable bonds is 13. The van der Waals surface area contributed by atoms with Crippen LogP contribution in [0.4, 0.5) is 28.8 Å². The van der Waals surface area contributed by atoms with Gasteiger partial charge >= 0.3 is 0 Å². The highest BCUT2D eigenvalue weighted by atomic mass is 35.5. The maximum atomic E-state index is 11.5. The number of halogens is 1. The van der Waals surface area contributed by atoms with Crippen LogP contribution >= 0.6 is 11.6 Å². The summed E-state index contributed by atoms with van der Waals surface area (Å²) in [5, 5.41) is 24.1. The number of aromatic nitrogens is 6. The van der Waals surface area contributed by atoms with Gasteiger partial charge in [-0.1, -0.05) is 23.7 Å². The molecular weight excluding hydrogens is 604 g/mol. The molecule has 0 fully saturated rings. The molecule has 0 unspecified atom stereocenters. The van der Waals surface area contributed by atoms with Crippen LogP contribution in [0.2, 0.25) is 5.15 Å². The number of pyridine rings is 2. The molecule has 16 nitrogen and oxygen atoms in total. The second-order valence-electron chi connectivity index (χ2n) is 9.67. The van der Waals surface area contributed by atoms with Gasteiger partial charge in [-0.05, 0) is 39.8 Å². The van der Waals surface area contributed by atoms with Gasteiger partial charge in [-0.3, -0.25) is 9.59 Å². The fourth-order valence-electron chi connectivity index (χ4n) is 3.46. The average molecular weight is 639 g/mol. The van der Waals surface area contributed by atoms with Crippen molar-refractivity contribution in [2.24, 2.45) is 17.2 Å². The van der Waals surface area contributed by atoms with Crippen molar-refractivity contribution in [1.29, 1.82) is 0 Å². The molecule has 0 spiro atoms. The Balaban J connectivity index is 0.000000248. The normalized spacial score (nSPS) is 10.5. The smallest absolute Gasteiger partial charge is 0.271 e. The van der Waals surface area contributed by atoms with E-state index in [4.69, 9.17) is 38.3 Å². The van der Waals surface area contributed by atoms with Crippen LogP contribution in [0.5, 0.6) is 11.8 Å². The standard InChI is InChI=1S/C15H21N7O2.C13H14ClN5O2/c1-9(2)24-13-5-3-4-11(20-13)19-10-8-12(18-7-6-16)21-22-14(10)15(17)23;1-7(2)21-11-5-3-4-10(17-11)16-8-6-9(14)18-19-12(8)13(15)20/h3-5,8-9H,6-7,16H2,1-2H3,(H2,17,23)(H2,18,19,20,21);3-7H,1-2H3,(H2,15,20)(H,16,17,18). The highest BCUT2D eigenvalue weighted by Gasteiger charge is 2.15. The van der Waals surface area contributed by atoms with E-state index >= 15 is 0 Å². The molecule has 2 amide bonds. The molecule has 0 saturated carbocycles. The van der Waals surface area contributed by atoms with Gasteiger partial charge in [-0.25, -0.2) is 0 Å². The van der Waals surface area contributed by atoms with Crippen molar-refractivity contribution in [2.45, 2.75) is 39.9 Å². The molecule has 4 aromatic rings. The monoisotopic (exact) mass is 638 g/mol. The van der Waals surface area contributed by atoms with Gasteiger partial charge in [0.2, 0.25) is 11.8 Å². The fourth-order valence-corrected chi connectivity index (χ4v) is 3.61. The Morgan fingerprint density at radius 2 is 1.24 bits per heavy atom. The summed E-state index contributed by atoms with van der Waals surface area (Å²) in [5.41, 5.74) is 16.8. The number of nitrogens with one attached hydrogen (secondary N) is 3. The number of nitrogens with two attached hydrogens (primary N) is 3. The van der Waals surface area contributed by atoms with Crippen molar-refractivity contribution in [2.75, 3.05) is 29.0 Å². The van der Waals surface area contributed by atoms with Crippen LogP contribution in [-0.2, 0) is 0 Å². The van der Waals surface area contributed by atoms with Crippen molar-refractivity contribution in [3.05, 3.63) is 65.1 Å². The van der Waals surface area contributed by atoms with E-state index in [9.17, 15) is 9.59 Å². The number of anilines is 5. The topological polar surface area (TPSA) is 244 Å². The third kappa shape index (κ3) is 11.0. The summed E-state index contributed by atoms with van der Waals surface area (Å²) in [4.78, 5) is 31.5. The summed E-state index contributed by atoms with van der Waals surface area (Å²) in [6.07, 6.45) is 0.00885. The third-order valence-corrected chi connectivity index (χ3v) is 5.35. The molecule has 238 valence electrons. The molecule has 9 N–H and O–H groups in total. The zero-order chi connectivity index (χ0) is 32.9. The van der Waals surface area contributed by atoms with Crippen LogP contribution < -0.4 is 42.6 Å². The molecule has 0 saturated heterocycles. The molecule has 0 atom stereocenters. The summed E-state index contributed by atoms with van der Waals surface area (Å²) in [6.45, 7) is 8.60. The Morgan fingerprint density at radius 1 is 0.756 bits per heavy atom. The van der Waals surface area contributed by atoms with Crippen LogP contribution in [0.3, 0.4) is 0 Å². The Morgan fingerprint density at radius 3 is 1.71 bits per heavy atom. The lowest BCUT2D eigenvalue weighted by Crippen LogP contribution is -2.19. The summed E-state index contributed by atoms with van der Waals surface area (Å²) in [6, 6.07) is 13.6. The minimum Gasteiger partial charge on any atom is -0.475 e. The number of carbonyl (C=O) groups excluding carboxylic acids is 2. The summed E-state index contributed by atoms with van der Waals surface area (Å²) < 4.78 is 11.0. The first-order chi connectivity index (χ1) is 21.4. The molecule has 4 aromatic heterocycles. The van der Waals surface area contributed by atoms with Crippen molar-refractivity contribution >= 4 is 52.2 Å². The van der Waals surface area contributed by atoms with Crippen LogP contribution in [0.25, 0.3) is 0 Å². The molecule has 0 aliphatic rings. The maximum absolute atomic E-state index is 11.5. The van der Waals surface area contributed by atoms with E-state index in [0.29, 0.717) is 53.7 Å². The van der Waals surface area contributed by atoms with Gasteiger partial charge < -0.3 is 42.6 Å². The Bertz CT molecular complexity index is 1610. The quantitative estimate of drug-likeness (QED) is 0.123. The Labute approximate surface area is 264 Å². The largest absolute Gasteiger partial charge is 0.475 e. The van der Waals surface area contributed by atoms with E-state index in [1.54, 1.807) is 42.5 Å². The number of hydrogen-bond acceptors (Lipinski definition) is 14. The molecule has 0 radical (unpaired) electrons. The predicted octanol–water partition coefficient (Wildman–Crippen LogP) is 3.03. The summed E-state index contributed by atoms with van der Waals surface area (Å²) in [5.74, 6) is 0.972. The molecule has 0 aliphatic heterocycles. The molecule has 45 heavy (non-hydrogen) atoms. The van der Waals surface area contributed by atoms with E-state index in [0.717, 1.165) is 0 Å². The van der Waals surface area contributed by atoms with E-state index in [1.807, 2.05) is 27.7 Å². The molecular formula is C28H35ClN12O4. The maximum Gasteiger partial charge on any atom is 0.271 e. The molecule has 4 heterocycles. The number of primary amides is 2. The Hall–Kier alpha value is -5.35. The first-order valence-corrected chi connectivity index (χ1v) is 14.1. The molecule has 17 heteroatoms. The first kappa shape index (κ1) is 34.1. The van der Waals surface area contributed by atoms with Crippen molar-refractivity contribution < 1.29 is 19.1 Å². The number of carbonyl (C=O) groups is 2. The fraction of sp³-hybridized carbons (Fsp3) is 0.286. The number of nitrogens with zero attached hydrogens (tertiary/aromatic N) is 6. The van der Waals surface area contributed by atoms with Crippen LogP contribution in [-0.4, -0.2) is 67.5 Å². The zero-order valence-corrected chi connectivity index (χ0v) is 25.9. The average Bonchev–Trinajstić information content (AvgIpc) is 2.96. The van der Waals surface area contributed by atoms with E-state index < -0.39 is 11.8 Å². The van der Waals surface area contributed by atoms with E-state index in [1.165, 1.54) is 6.07 Å². The van der Waals surface area contributed by atoms with Crippen LogP contribution in [0.1, 0.15) is 48.7 Å². The number of ether oxygens (including phenoxy) is 2. The first-order valence-electron chi connectivity index (χ1n) is 13.7. The molecule has 0 aliphatic carbocycles. The molecule has 4 rings (SSSR count). The number of hydrogen-bond donors (Lipinski definition) is 6. The van der Waals surface area contributed by atoms with Gasteiger partial charge in [0, 0.05) is 37.4 Å². The van der Waals surface area contributed by atoms with Gasteiger partial charge in [0.1, 0.15) is 11.6 Å². The highest BCUT2D eigenvalue weighted by Crippen LogP contribution is 2.23. The minimum absolute atomic E-state index is 0.00332. The van der Waals surface area contributed by atoms with E-state index in [2.05, 4.69) is 46.3 Å². The SMILES string of the molecule is CC(C)Oc1cccc(Nc2cc(Cl)nnc2C(N)=O)n1.CC(C)Oc1cccc(Nc2cc(NCCN)nnc2C(N)=O)n1. The van der Waals surface area contributed by atoms with Gasteiger partial charge in [0.25, 0.3) is 11.8 Å². The second kappa shape index (κ2) is 16.5. The van der Waals surface area contributed by atoms with Gasteiger partial charge in [0.15, 0.2) is 22.4 Å². The van der Waals surface area contributed by atoms with Crippen molar-refractivity contribution in [1.82, 2.24) is 30.4 Å². The van der Waals surface area contributed by atoms with Crippen molar-refractivity contribution in [3.8, 4) is 11.8 Å². The lowest BCUT2D eigenvalue weighted by Gasteiger charge is -2.13. The number of amides is 2. The third-order valence-electron chi connectivity index (χ3n) is 5.16. The van der Waals surface area contributed by atoms with Gasteiger partial charge in [0.05, 0.1) is 23.6 Å². The van der Waals surface area contributed by atoms with Gasteiger partial charge in [-0.2, -0.15) is 9.97 Å². The lowest BCUT2D eigenvalue weighted by atomic mass is 10.3. The zero-order valence-electron chi connectivity index (χ0n) is 25.1. The van der Waals surface area contributed by atoms with Crippen LogP contribution in [0, 0.1) is 0 Å². The highest BCUT2D eigenvalue weighted by molar-refractivity contribution is 6.29. The predicted molar refractivity (Wildman–Crippen MR) is 170 cm³/mol. The van der Waals surface area contributed by atoms with Crippen molar-refractivity contribution in [3.63, 3.8) is 0 Å².